The maximum Gasteiger partial charge on any atom is 0.196 e. The highest BCUT2D eigenvalue weighted by atomic mass is 15.2. The van der Waals surface area contributed by atoms with Crippen LogP contribution in [0.3, 0.4) is 0 Å². The van der Waals surface area contributed by atoms with Gasteiger partial charge in [-0.2, -0.15) is 0 Å². The molecule has 0 radical (unpaired) electrons. The van der Waals surface area contributed by atoms with E-state index in [1.54, 1.807) is 0 Å². The number of fused-ring (bicyclic) bond motifs is 1. The molecule has 1 atom stereocenters. The standard InChI is InChI=1S/C15H21N3/c1-10-4-3-5-13-12(10)7-6-11(2)14(13)18-15-16-8-9-17-15/h6-7,10H,3-5,8-9H2,1-2H3,(H2,16,17,18). The van der Waals surface area contributed by atoms with Crippen LogP contribution in [0.15, 0.2) is 17.1 Å². The molecule has 0 amide bonds. The number of hydrogen-bond acceptors (Lipinski definition) is 1. The van der Waals surface area contributed by atoms with Crippen molar-refractivity contribution in [2.75, 3.05) is 13.1 Å². The number of aryl methyl sites for hydroxylation is 1. The van der Waals surface area contributed by atoms with Gasteiger partial charge in [-0.1, -0.05) is 19.1 Å². The van der Waals surface area contributed by atoms with E-state index in [1.807, 2.05) is 0 Å². The predicted molar refractivity (Wildman–Crippen MR) is 75.6 cm³/mol. The van der Waals surface area contributed by atoms with E-state index in [0.717, 1.165) is 19.0 Å². The molecule has 0 aromatic heterocycles. The van der Waals surface area contributed by atoms with Crippen molar-refractivity contribution < 1.29 is 0 Å². The number of hydrogen-bond donors (Lipinski definition) is 2. The van der Waals surface area contributed by atoms with Crippen LogP contribution in [0, 0.1) is 6.92 Å². The fraction of sp³-hybridized carbons (Fsp3) is 0.533. The average molecular weight is 243 g/mol. The topological polar surface area (TPSA) is 36.4 Å². The Bertz CT molecular complexity index is 483. The predicted octanol–water partition coefficient (Wildman–Crippen LogP) is 2.62. The Morgan fingerprint density at radius 1 is 1.22 bits per heavy atom. The molecule has 0 saturated carbocycles. The van der Waals surface area contributed by atoms with Crippen molar-refractivity contribution >= 4 is 11.6 Å². The summed E-state index contributed by atoms with van der Waals surface area (Å²) in [5.41, 5.74) is 5.45. The number of nitrogens with one attached hydrogen (secondary N) is 2. The molecule has 1 aliphatic carbocycles. The SMILES string of the molecule is Cc1ccc2c(c1N=C1NCCN1)CCCC2C. The number of rotatable bonds is 1. The van der Waals surface area contributed by atoms with Gasteiger partial charge in [-0.25, -0.2) is 4.99 Å². The molecule has 0 bridgehead atoms. The van der Waals surface area contributed by atoms with Crippen molar-refractivity contribution in [3.63, 3.8) is 0 Å². The van der Waals surface area contributed by atoms with Crippen LogP contribution in [0.4, 0.5) is 5.69 Å². The summed E-state index contributed by atoms with van der Waals surface area (Å²) in [6.45, 7) is 6.44. The first-order valence-electron chi connectivity index (χ1n) is 6.94. The molecule has 1 fully saturated rings. The Labute approximate surface area is 109 Å². The summed E-state index contributed by atoms with van der Waals surface area (Å²) in [6, 6.07) is 4.52. The zero-order valence-electron chi connectivity index (χ0n) is 11.2. The first-order valence-corrected chi connectivity index (χ1v) is 6.94. The first-order chi connectivity index (χ1) is 8.75. The molecular formula is C15H21N3. The van der Waals surface area contributed by atoms with Gasteiger partial charge in [0, 0.05) is 13.1 Å². The van der Waals surface area contributed by atoms with Crippen LogP contribution in [0.1, 0.15) is 42.4 Å². The Balaban J connectivity index is 2.07. The Morgan fingerprint density at radius 3 is 2.78 bits per heavy atom. The van der Waals surface area contributed by atoms with Crippen LogP contribution in [-0.4, -0.2) is 19.0 Å². The maximum absolute atomic E-state index is 4.80. The van der Waals surface area contributed by atoms with Crippen molar-refractivity contribution in [2.45, 2.75) is 39.0 Å². The van der Waals surface area contributed by atoms with Crippen LogP contribution >= 0.6 is 0 Å². The van der Waals surface area contributed by atoms with Gasteiger partial charge in [0.15, 0.2) is 5.96 Å². The zero-order chi connectivity index (χ0) is 12.5. The van der Waals surface area contributed by atoms with Gasteiger partial charge in [-0.05, 0) is 48.8 Å². The minimum atomic E-state index is 0.679. The van der Waals surface area contributed by atoms with E-state index in [4.69, 9.17) is 4.99 Å². The van der Waals surface area contributed by atoms with Gasteiger partial charge in [0.05, 0.1) is 5.69 Å². The van der Waals surface area contributed by atoms with Crippen molar-refractivity contribution in [1.82, 2.24) is 10.6 Å². The van der Waals surface area contributed by atoms with Gasteiger partial charge in [0.2, 0.25) is 0 Å². The monoisotopic (exact) mass is 243 g/mol. The van der Waals surface area contributed by atoms with E-state index in [2.05, 4.69) is 36.6 Å². The second-order valence-corrected chi connectivity index (χ2v) is 5.41. The zero-order valence-corrected chi connectivity index (χ0v) is 11.2. The molecule has 0 spiro atoms. The summed E-state index contributed by atoms with van der Waals surface area (Å²) in [7, 11) is 0. The highest BCUT2D eigenvalue weighted by molar-refractivity contribution is 5.85. The summed E-state index contributed by atoms with van der Waals surface area (Å²) in [6.07, 6.45) is 3.77. The molecule has 1 unspecified atom stereocenters. The molecule has 2 N–H and O–H groups in total. The van der Waals surface area contributed by atoms with Gasteiger partial charge in [-0.3, -0.25) is 0 Å². The smallest absolute Gasteiger partial charge is 0.196 e. The van der Waals surface area contributed by atoms with Gasteiger partial charge in [-0.15, -0.1) is 0 Å². The summed E-state index contributed by atoms with van der Waals surface area (Å²) < 4.78 is 0. The van der Waals surface area contributed by atoms with Crippen molar-refractivity contribution in [1.29, 1.82) is 0 Å². The molecule has 18 heavy (non-hydrogen) atoms. The molecular weight excluding hydrogens is 222 g/mol. The highest BCUT2D eigenvalue weighted by Gasteiger charge is 2.20. The number of benzene rings is 1. The molecule has 1 aromatic carbocycles. The first kappa shape index (κ1) is 11.6. The van der Waals surface area contributed by atoms with E-state index in [1.165, 1.54) is 41.6 Å². The van der Waals surface area contributed by atoms with E-state index >= 15 is 0 Å². The number of nitrogens with zero attached hydrogens (tertiary/aromatic N) is 1. The minimum Gasteiger partial charge on any atom is -0.354 e. The molecule has 1 aromatic rings. The fourth-order valence-corrected chi connectivity index (χ4v) is 3.00. The van der Waals surface area contributed by atoms with Crippen LogP contribution < -0.4 is 10.6 Å². The van der Waals surface area contributed by atoms with Crippen molar-refractivity contribution in [3.8, 4) is 0 Å². The second kappa shape index (κ2) is 4.63. The Hall–Kier alpha value is -1.51. The molecule has 1 heterocycles. The van der Waals surface area contributed by atoms with Crippen LogP contribution in [-0.2, 0) is 6.42 Å². The van der Waals surface area contributed by atoms with Gasteiger partial charge in [0.25, 0.3) is 0 Å². The van der Waals surface area contributed by atoms with Gasteiger partial charge >= 0.3 is 0 Å². The molecule has 2 aliphatic rings. The van der Waals surface area contributed by atoms with Gasteiger partial charge < -0.3 is 10.6 Å². The van der Waals surface area contributed by atoms with E-state index in [-0.39, 0.29) is 0 Å². The quantitative estimate of drug-likeness (QED) is 0.795. The Kier molecular flexibility index (Phi) is 2.98. The fourth-order valence-electron chi connectivity index (χ4n) is 3.00. The molecule has 3 heteroatoms. The van der Waals surface area contributed by atoms with Crippen LogP contribution in [0.5, 0.6) is 0 Å². The summed E-state index contributed by atoms with van der Waals surface area (Å²) in [5, 5.41) is 6.58. The van der Waals surface area contributed by atoms with Crippen LogP contribution in [0.2, 0.25) is 0 Å². The maximum atomic E-state index is 4.80. The summed E-state index contributed by atoms with van der Waals surface area (Å²) in [5.74, 6) is 1.61. The normalized spacial score (nSPS) is 22.1. The van der Waals surface area contributed by atoms with E-state index < -0.39 is 0 Å². The third kappa shape index (κ3) is 1.98. The Morgan fingerprint density at radius 2 is 2.00 bits per heavy atom. The number of guanidine groups is 1. The lowest BCUT2D eigenvalue weighted by Gasteiger charge is -2.24. The van der Waals surface area contributed by atoms with E-state index in [0.29, 0.717) is 5.92 Å². The average Bonchev–Trinajstić information content (AvgIpc) is 2.86. The lowest BCUT2D eigenvalue weighted by molar-refractivity contribution is 0.590. The molecule has 1 aliphatic heterocycles. The molecule has 3 nitrogen and oxygen atoms in total. The minimum absolute atomic E-state index is 0.679. The summed E-state index contributed by atoms with van der Waals surface area (Å²) >= 11 is 0. The second-order valence-electron chi connectivity index (χ2n) is 5.41. The third-order valence-electron chi connectivity index (χ3n) is 4.05. The van der Waals surface area contributed by atoms with Crippen LogP contribution in [0.25, 0.3) is 0 Å². The number of aliphatic imine (C=N–C) groups is 1. The molecule has 96 valence electrons. The van der Waals surface area contributed by atoms with E-state index in [9.17, 15) is 0 Å². The third-order valence-corrected chi connectivity index (χ3v) is 4.05. The molecule has 3 rings (SSSR count). The van der Waals surface area contributed by atoms with Crippen molar-refractivity contribution in [2.24, 2.45) is 4.99 Å². The lowest BCUT2D eigenvalue weighted by Crippen LogP contribution is -2.23. The molecule has 1 saturated heterocycles. The van der Waals surface area contributed by atoms with Gasteiger partial charge in [0.1, 0.15) is 0 Å². The summed E-state index contributed by atoms with van der Waals surface area (Å²) in [4.78, 5) is 4.80. The largest absolute Gasteiger partial charge is 0.354 e. The lowest BCUT2D eigenvalue weighted by atomic mass is 9.82. The van der Waals surface area contributed by atoms with Crippen molar-refractivity contribution in [3.05, 3.63) is 28.8 Å². The highest BCUT2D eigenvalue weighted by Crippen LogP contribution is 2.38.